The van der Waals surface area contributed by atoms with Crippen molar-refractivity contribution in [2.45, 2.75) is 44.9 Å². The molecule has 1 fully saturated rings. The SMILES string of the molecule is Cc1sc2nc(CSCC(=O)N3CCCC[C@@H]3C(N)=O)[nH]c(=O)c2c1C. The first-order valence-corrected chi connectivity index (χ1v) is 10.5. The van der Waals surface area contributed by atoms with Crippen LogP contribution in [0.25, 0.3) is 10.2 Å². The lowest BCUT2D eigenvalue weighted by atomic mass is 10.0. The molecule has 7 nitrogen and oxygen atoms in total. The van der Waals surface area contributed by atoms with Crippen LogP contribution in [0.4, 0.5) is 0 Å². The molecule has 0 radical (unpaired) electrons. The molecule has 2 aromatic rings. The van der Waals surface area contributed by atoms with Gasteiger partial charge in [-0.1, -0.05) is 0 Å². The summed E-state index contributed by atoms with van der Waals surface area (Å²) in [5, 5.41) is 0.648. The fourth-order valence-corrected chi connectivity index (χ4v) is 5.03. The van der Waals surface area contributed by atoms with Gasteiger partial charge in [0.25, 0.3) is 5.56 Å². The zero-order valence-corrected chi connectivity index (χ0v) is 16.5. The van der Waals surface area contributed by atoms with Crippen molar-refractivity contribution in [1.82, 2.24) is 14.9 Å². The van der Waals surface area contributed by atoms with E-state index in [1.165, 1.54) is 23.1 Å². The van der Waals surface area contributed by atoms with E-state index in [0.29, 0.717) is 29.9 Å². The van der Waals surface area contributed by atoms with Gasteiger partial charge in [0.1, 0.15) is 16.7 Å². The fourth-order valence-electron chi connectivity index (χ4n) is 3.21. The number of aromatic amines is 1. The van der Waals surface area contributed by atoms with E-state index in [1.807, 2.05) is 13.8 Å². The number of H-pyrrole nitrogens is 1. The molecule has 0 aliphatic carbocycles. The predicted molar refractivity (Wildman–Crippen MR) is 104 cm³/mol. The van der Waals surface area contributed by atoms with Crippen LogP contribution < -0.4 is 11.3 Å². The zero-order chi connectivity index (χ0) is 18.8. The van der Waals surface area contributed by atoms with Crippen molar-refractivity contribution in [3.8, 4) is 0 Å². The second-order valence-electron chi connectivity index (χ2n) is 6.47. The van der Waals surface area contributed by atoms with Gasteiger partial charge in [0.05, 0.1) is 16.9 Å². The third-order valence-corrected chi connectivity index (χ3v) is 6.73. The Kier molecular flexibility index (Phi) is 5.67. The molecule has 1 aliphatic rings. The standard InChI is InChI=1S/C17H22N4O3S2/c1-9-10(2)26-17-14(9)16(24)19-12(20-17)7-25-8-13(22)21-6-4-3-5-11(21)15(18)23/h11H,3-8H2,1-2H3,(H2,18,23)(H,19,20,24)/t11-/m1/s1. The maximum absolute atomic E-state index is 12.4. The number of thiophene rings is 1. The number of primary amides is 1. The van der Waals surface area contributed by atoms with Crippen molar-refractivity contribution in [2.75, 3.05) is 12.3 Å². The molecule has 1 atom stereocenters. The molecule has 2 aromatic heterocycles. The van der Waals surface area contributed by atoms with Gasteiger partial charge >= 0.3 is 0 Å². The smallest absolute Gasteiger partial charge is 0.259 e. The Balaban J connectivity index is 1.64. The van der Waals surface area contributed by atoms with Gasteiger partial charge in [-0.2, -0.15) is 0 Å². The maximum atomic E-state index is 12.4. The molecular weight excluding hydrogens is 372 g/mol. The molecular formula is C17H22N4O3S2. The molecule has 0 aromatic carbocycles. The highest BCUT2D eigenvalue weighted by Gasteiger charge is 2.30. The van der Waals surface area contributed by atoms with Crippen LogP contribution in [0.3, 0.4) is 0 Å². The number of carbonyl (C=O) groups is 2. The van der Waals surface area contributed by atoms with E-state index in [1.54, 1.807) is 4.90 Å². The van der Waals surface area contributed by atoms with Gasteiger partial charge < -0.3 is 15.6 Å². The number of amides is 2. The molecule has 26 heavy (non-hydrogen) atoms. The number of carbonyl (C=O) groups excluding carboxylic acids is 2. The number of nitrogens with two attached hydrogens (primary N) is 1. The number of aryl methyl sites for hydroxylation is 2. The van der Waals surface area contributed by atoms with Gasteiger partial charge in [0, 0.05) is 11.4 Å². The first-order chi connectivity index (χ1) is 12.4. The molecule has 3 heterocycles. The summed E-state index contributed by atoms with van der Waals surface area (Å²) >= 11 is 2.88. The number of likely N-dealkylation sites (tertiary alicyclic amines) is 1. The Bertz CT molecular complexity index is 905. The number of nitrogens with one attached hydrogen (secondary N) is 1. The lowest BCUT2D eigenvalue weighted by Gasteiger charge is -2.33. The van der Waals surface area contributed by atoms with Gasteiger partial charge in [0.2, 0.25) is 11.8 Å². The van der Waals surface area contributed by atoms with Crippen molar-refractivity contribution in [2.24, 2.45) is 5.73 Å². The summed E-state index contributed by atoms with van der Waals surface area (Å²) in [6, 6.07) is -0.497. The highest BCUT2D eigenvalue weighted by Crippen LogP contribution is 2.26. The number of hydrogen-bond acceptors (Lipinski definition) is 6. The van der Waals surface area contributed by atoms with Crippen molar-refractivity contribution >= 4 is 45.1 Å². The van der Waals surface area contributed by atoms with E-state index >= 15 is 0 Å². The normalized spacial score (nSPS) is 17.6. The third kappa shape index (κ3) is 3.78. The zero-order valence-electron chi connectivity index (χ0n) is 14.8. The van der Waals surface area contributed by atoms with E-state index in [4.69, 9.17) is 5.73 Å². The first-order valence-electron chi connectivity index (χ1n) is 8.54. The predicted octanol–water partition coefficient (Wildman–Crippen LogP) is 1.70. The topological polar surface area (TPSA) is 109 Å². The van der Waals surface area contributed by atoms with Crippen molar-refractivity contribution in [1.29, 1.82) is 0 Å². The quantitative estimate of drug-likeness (QED) is 0.802. The molecule has 0 bridgehead atoms. The summed E-state index contributed by atoms with van der Waals surface area (Å²) < 4.78 is 0. The van der Waals surface area contributed by atoms with Crippen molar-refractivity contribution in [3.05, 3.63) is 26.6 Å². The second-order valence-corrected chi connectivity index (χ2v) is 8.66. The molecule has 0 saturated carbocycles. The molecule has 140 valence electrons. The van der Waals surface area contributed by atoms with Crippen molar-refractivity contribution in [3.63, 3.8) is 0 Å². The van der Waals surface area contributed by atoms with Crippen LogP contribution in [0, 0.1) is 13.8 Å². The highest BCUT2D eigenvalue weighted by atomic mass is 32.2. The van der Waals surface area contributed by atoms with E-state index in [9.17, 15) is 14.4 Å². The van der Waals surface area contributed by atoms with Crippen LogP contribution in [-0.4, -0.2) is 45.0 Å². The lowest BCUT2D eigenvalue weighted by Crippen LogP contribution is -2.51. The Labute approximate surface area is 159 Å². The van der Waals surface area contributed by atoms with Gasteiger partial charge in [-0.05, 0) is 38.7 Å². The average molecular weight is 395 g/mol. The number of hydrogen-bond donors (Lipinski definition) is 2. The molecule has 3 rings (SSSR count). The van der Waals surface area contributed by atoms with E-state index < -0.39 is 11.9 Å². The minimum atomic E-state index is -0.497. The summed E-state index contributed by atoms with van der Waals surface area (Å²) in [7, 11) is 0. The number of nitrogens with zero attached hydrogens (tertiary/aromatic N) is 2. The Morgan fingerprint density at radius 1 is 1.38 bits per heavy atom. The summed E-state index contributed by atoms with van der Waals surface area (Å²) in [6.07, 6.45) is 2.44. The minimum absolute atomic E-state index is 0.0928. The van der Waals surface area contributed by atoms with Crippen LogP contribution >= 0.6 is 23.1 Å². The number of thioether (sulfide) groups is 1. The summed E-state index contributed by atoms with van der Waals surface area (Å²) in [6.45, 7) is 4.47. The first kappa shape index (κ1) is 18.9. The number of piperidine rings is 1. The Morgan fingerprint density at radius 2 is 2.15 bits per heavy atom. The van der Waals surface area contributed by atoms with Crippen LogP contribution in [-0.2, 0) is 15.3 Å². The van der Waals surface area contributed by atoms with Crippen LogP contribution in [0.2, 0.25) is 0 Å². The average Bonchev–Trinajstić information content (AvgIpc) is 2.89. The minimum Gasteiger partial charge on any atom is -0.368 e. The third-order valence-electron chi connectivity index (χ3n) is 4.70. The van der Waals surface area contributed by atoms with Gasteiger partial charge in [-0.3, -0.25) is 14.4 Å². The largest absolute Gasteiger partial charge is 0.368 e. The number of rotatable bonds is 5. The Hall–Kier alpha value is -1.87. The molecule has 2 amide bonds. The molecule has 9 heteroatoms. The van der Waals surface area contributed by atoms with E-state index in [2.05, 4.69) is 9.97 Å². The molecule has 0 spiro atoms. The molecule has 1 aliphatic heterocycles. The van der Waals surface area contributed by atoms with Crippen LogP contribution in [0.1, 0.15) is 35.5 Å². The maximum Gasteiger partial charge on any atom is 0.259 e. The number of fused-ring (bicyclic) bond motifs is 1. The summed E-state index contributed by atoms with van der Waals surface area (Å²) in [4.78, 5) is 47.0. The monoisotopic (exact) mass is 394 g/mol. The van der Waals surface area contributed by atoms with Crippen LogP contribution in [0.5, 0.6) is 0 Å². The van der Waals surface area contributed by atoms with Gasteiger partial charge in [-0.25, -0.2) is 4.98 Å². The second kappa shape index (κ2) is 7.79. The van der Waals surface area contributed by atoms with Crippen LogP contribution in [0.15, 0.2) is 4.79 Å². The number of aromatic nitrogens is 2. The summed E-state index contributed by atoms with van der Waals surface area (Å²) in [5.74, 6) is 0.690. The summed E-state index contributed by atoms with van der Waals surface area (Å²) in [5.41, 5.74) is 6.24. The van der Waals surface area contributed by atoms with Gasteiger partial charge in [-0.15, -0.1) is 23.1 Å². The van der Waals surface area contributed by atoms with E-state index in [0.717, 1.165) is 28.1 Å². The Morgan fingerprint density at radius 3 is 2.88 bits per heavy atom. The molecule has 1 saturated heterocycles. The van der Waals surface area contributed by atoms with Crippen molar-refractivity contribution < 1.29 is 9.59 Å². The molecule has 0 unspecified atom stereocenters. The fraction of sp³-hybridized carbons (Fsp3) is 0.529. The van der Waals surface area contributed by atoms with Gasteiger partial charge in [0.15, 0.2) is 0 Å². The lowest BCUT2D eigenvalue weighted by molar-refractivity contribution is -0.138. The highest BCUT2D eigenvalue weighted by molar-refractivity contribution is 7.99. The van der Waals surface area contributed by atoms with E-state index in [-0.39, 0.29) is 17.2 Å². The molecule has 3 N–H and O–H groups in total.